The molecular weight excluding hydrogens is 259 g/mol. The van der Waals surface area contributed by atoms with Crippen molar-refractivity contribution in [2.45, 2.75) is 39.3 Å². The number of benzene rings is 1. The number of fused-ring (bicyclic) bond motifs is 1. The van der Waals surface area contributed by atoms with E-state index in [4.69, 9.17) is 11.3 Å². The molecule has 1 aromatic rings. The van der Waals surface area contributed by atoms with Crippen LogP contribution in [0.15, 0.2) is 12.1 Å². The zero-order valence-electron chi connectivity index (χ0n) is 11.9. The van der Waals surface area contributed by atoms with Crippen molar-refractivity contribution in [2.24, 2.45) is 0 Å². The van der Waals surface area contributed by atoms with Gasteiger partial charge in [-0.3, -0.25) is 0 Å². The highest BCUT2D eigenvalue weighted by Crippen LogP contribution is 2.27. The first-order chi connectivity index (χ1) is 9.30. The van der Waals surface area contributed by atoms with Gasteiger partial charge in [0.2, 0.25) is 5.69 Å². The lowest BCUT2D eigenvalue weighted by Gasteiger charge is -2.31. The maximum absolute atomic E-state index is 13.6. The molecule has 0 atom stereocenters. The Labute approximate surface area is 118 Å². The summed E-state index contributed by atoms with van der Waals surface area (Å²) >= 11 is 0. The van der Waals surface area contributed by atoms with E-state index >= 15 is 0 Å². The zero-order chi connectivity index (χ0) is 14.9. The number of hydrogen-bond acceptors (Lipinski definition) is 2. The van der Waals surface area contributed by atoms with Crippen LogP contribution in [0, 0.1) is 12.4 Å². The Morgan fingerprint density at radius 1 is 1.40 bits per heavy atom. The second-order valence-electron chi connectivity index (χ2n) is 5.84. The molecule has 2 rings (SSSR count). The predicted molar refractivity (Wildman–Crippen MR) is 73.0 cm³/mol. The van der Waals surface area contributed by atoms with E-state index in [0.29, 0.717) is 19.5 Å². The maximum Gasteiger partial charge on any atom is 0.410 e. The molecule has 20 heavy (non-hydrogen) atoms. The highest BCUT2D eigenvalue weighted by molar-refractivity contribution is 5.69. The number of carbonyl (C=O) groups is 1. The van der Waals surface area contributed by atoms with E-state index in [1.807, 2.05) is 20.8 Å². The van der Waals surface area contributed by atoms with Crippen molar-refractivity contribution in [3.63, 3.8) is 0 Å². The summed E-state index contributed by atoms with van der Waals surface area (Å²) in [5, 5.41) is 0. The molecule has 0 radical (unpaired) electrons. The smallest absolute Gasteiger partial charge is 0.410 e. The number of halogens is 1. The van der Waals surface area contributed by atoms with Crippen LogP contribution in [0.5, 0.6) is 0 Å². The van der Waals surface area contributed by atoms with Crippen LogP contribution in [-0.4, -0.2) is 23.1 Å². The van der Waals surface area contributed by atoms with Gasteiger partial charge in [0.25, 0.3) is 0 Å². The summed E-state index contributed by atoms with van der Waals surface area (Å²) < 4.78 is 18.9. The Kier molecular flexibility index (Phi) is 3.67. The molecule has 0 aromatic heterocycles. The second kappa shape index (κ2) is 5.12. The average Bonchev–Trinajstić information content (AvgIpc) is 2.35. The zero-order valence-corrected chi connectivity index (χ0v) is 11.9. The SMILES string of the molecule is [C-]#[N+]c1cc2c(cc1F)CN(C(=O)OC(C)(C)C)CC2. The summed E-state index contributed by atoms with van der Waals surface area (Å²) in [6, 6.07) is 2.92. The second-order valence-corrected chi connectivity index (χ2v) is 5.84. The number of rotatable bonds is 0. The molecule has 1 aliphatic heterocycles. The number of ether oxygens (including phenoxy) is 1. The number of nitrogens with zero attached hydrogens (tertiary/aromatic N) is 2. The number of hydrogen-bond donors (Lipinski definition) is 0. The third-order valence-electron chi connectivity index (χ3n) is 3.05. The topological polar surface area (TPSA) is 33.9 Å². The summed E-state index contributed by atoms with van der Waals surface area (Å²) in [4.78, 5) is 16.7. The summed E-state index contributed by atoms with van der Waals surface area (Å²) in [5.74, 6) is -0.537. The van der Waals surface area contributed by atoms with E-state index in [-0.39, 0.29) is 5.69 Å². The summed E-state index contributed by atoms with van der Waals surface area (Å²) in [6.45, 7) is 13.2. The molecule has 0 saturated heterocycles. The maximum atomic E-state index is 13.6. The average molecular weight is 276 g/mol. The fraction of sp³-hybridized carbons (Fsp3) is 0.467. The Bertz CT molecular complexity index is 585. The molecule has 4 nitrogen and oxygen atoms in total. The molecule has 106 valence electrons. The van der Waals surface area contributed by atoms with Gasteiger partial charge in [-0.2, -0.15) is 0 Å². The minimum absolute atomic E-state index is 0.0365. The Morgan fingerprint density at radius 2 is 2.10 bits per heavy atom. The number of carbonyl (C=O) groups excluding carboxylic acids is 1. The van der Waals surface area contributed by atoms with Gasteiger partial charge in [0.1, 0.15) is 11.4 Å². The van der Waals surface area contributed by atoms with E-state index < -0.39 is 17.5 Å². The fourth-order valence-electron chi connectivity index (χ4n) is 2.13. The molecule has 0 spiro atoms. The largest absolute Gasteiger partial charge is 0.444 e. The fourth-order valence-corrected chi connectivity index (χ4v) is 2.13. The molecule has 0 unspecified atom stereocenters. The van der Waals surface area contributed by atoms with Crippen molar-refractivity contribution in [1.29, 1.82) is 0 Å². The quantitative estimate of drug-likeness (QED) is 0.677. The van der Waals surface area contributed by atoms with Crippen LogP contribution >= 0.6 is 0 Å². The highest BCUT2D eigenvalue weighted by Gasteiger charge is 2.26. The molecule has 0 saturated carbocycles. The van der Waals surface area contributed by atoms with Gasteiger partial charge in [-0.15, -0.1) is 0 Å². The molecule has 0 aliphatic carbocycles. The number of amides is 1. The van der Waals surface area contributed by atoms with Gasteiger partial charge in [-0.1, -0.05) is 5.56 Å². The van der Waals surface area contributed by atoms with Crippen LogP contribution in [0.1, 0.15) is 31.9 Å². The Morgan fingerprint density at radius 3 is 2.70 bits per heavy atom. The first kappa shape index (κ1) is 14.3. The van der Waals surface area contributed by atoms with Gasteiger partial charge in [0.15, 0.2) is 0 Å². The first-order valence-electron chi connectivity index (χ1n) is 6.47. The van der Waals surface area contributed by atoms with Crippen molar-refractivity contribution >= 4 is 11.8 Å². The molecule has 1 aliphatic rings. The van der Waals surface area contributed by atoms with E-state index in [1.54, 1.807) is 11.0 Å². The van der Waals surface area contributed by atoms with Crippen LogP contribution in [0.3, 0.4) is 0 Å². The van der Waals surface area contributed by atoms with Crippen molar-refractivity contribution in [3.05, 3.63) is 40.5 Å². The summed E-state index contributed by atoms with van der Waals surface area (Å²) in [6.07, 6.45) is 0.218. The molecule has 0 fully saturated rings. The van der Waals surface area contributed by atoms with Crippen LogP contribution in [0.2, 0.25) is 0 Å². The summed E-state index contributed by atoms with van der Waals surface area (Å²) in [5.41, 5.74) is 1.16. The minimum Gasteiger partial charge on any atom is -0.444 e. The molecule has 1 amide bonds. The Balaban J connectivity index is 2.17. The molecule has 1 heterocycles. The van der Waals surface area contributed by atoms with Gasteiger partial charge >= 0.3 is 6.09 Å². The van der Waals surface area contributed by atoms with Crippen LogP contribution in [0.25, 0.3) is 4.85 Å². The van der Waals surface area contributed by atoms with Gasteiger partial charge in [-0.05, 0) is 44.9 Å². The minimum atomic E-state index is -0.545. The van der Waals surface area contributed by atoms with Crippen LogP contribution in [-0.2, 0) is 17.7 Å². The molecule has 5 heteroatoms. The van der Waals surface area contributed by atoms with E-state index in [9.17, 15) is 9.18 Å². The van der Waals surface area contributed by atoms with E-state index in [1.165, 1.54) is 6.07 Å². The highest BCUT2D eigenvalue weighted by atomic mass is 19.1. The lowest BCUT2D eigenvalue weighted by atomic mass is 9.99. The molecule has 1 aromatic carbocycles. The van der Waals surface area contributed by atoms with Gasteiger partial charge in [0, 0.05) is 13.1 Å². The van der Waals surface area contributed by atoms with E-state index in [2.05, 4.69) is 4.85 Å². The molecular formula is C15H17FN2O2. The standard InChI is InChI=1S/C15H17FN2O2/c1-15(2,3)20-14(19)18-6-5-10-8-13(17-4)12(16)7-11(10)9-18/h7-8H,5-6,9H2,1-3H3. The van der Waals surface area contributed by atoms with Gasteiger partial charge in [0.05, 0.1) is 6.57 Å². The lowest BCUT2D eigenvalue weighted by molar-refractivity contribution is 0.0224. The van der Waals surface area contributed by atoms with Gasteiger partial charge < -0.3 is 9.64 Å². The van der Waals surface area contributed by atoms with E-state index in [0.717, 1.165) is 11.1 Å². The first-order valence-corrected chi connectivity index (χ1v) is 6.47. The molecule has 0 N–H and O–H groups in total. The van der Waals surface area contributed by atoms with Crippen molar-refractivity contribution in [1.82, 2.24) is 4.90 Å². The normalized spacial score (nSPS) is 14.4. The third-order valence-corrected chi connectivity index (χ3v) is 3.05. The van der Waals surface area contributed by atoms with Crippen LogP contribution in [0.4, 0.5) is 14.9 Å². The summed E-state index contributed by atoms with van der Waals surface area (Å²) in [7, 11) is 0. The third kappa shape index (κ3) is 3.08. The predicted octanol–water partition coefficient (Wildman–Crippen LogP) is 3.67. The van der Waals surface area contributed by atoms with Crippen LogP contribution < -0.4 is 0 Å². The van der Waals surface area contributed by atoms with Crippen molar-refractivity contribution in [2.75, 3.05) is 6.54 Å². The lowest BCUT2D eigenvalue weighted by Crippen LogP contribution is -2.39. The monoisotopic (exact) mass is 276 g/mol. The molecule has 0 bridgehead atoms. The van der Waals surface area contributed by atoms with Crippen molar-refractivity contribution < 1.29 is 13.9 Å². The van der Waals surface area contributed by atoms with Crippen molar-refractivity contribution in [3.8, 4) is 0 Å². The van der Waals surface area contributed by atoms with Gasteiger partial charge in [-0.25, -0.2) is 14.0 Å². The Hall–Kier alpha value is -2.09.